The van der Waals surface area contributed by atoms with Crippen LogP contribution in [0.25, 0.3) is 0 Å². The molecular formula is C13H24N2O3. The fourth-order valence-electron chi connectivity index (χ4n) is 2.55. The topological polar surface area (TPSA) is 50.8 Å². The molecule has 1 saturated carbocycles. The molecule has 1 aliphatic carbocycles. The third-order valence-corrected chi connectivity index (χ3v) is 3.83. The van der Waals surface area contributed by atoms with Gasteiger partial charge in [0.15, 0.2) is 5.79 Å². The molecule has 1 atom stereocenters. The number of rotatable bonds is 3. The summed E-state index contributed by atoms with van der Waals surface area (Å²) < 4.78 is 11.8. The zero-order valence-electron chi connectivity index (χ0n) is 11.4. The zero-order valence-corrected chi connectivity index (χ0v) is 11.4. The highest BCUT2D eigenvalue weighted by Gasteiger charge is 2.42. The lowest BCUT2D eigenvalue weighted by atomic mass is 9.94. The highest BCUT2D eigenvalue weighted by Crippen LogP contribution is 2.37. The van der Waals surface area contributed by atoms with Crippen LogP contribution in [0.1, 0.15) is 39.0 Å². The Labute approximate surface area is 109 Å². The Morgan fingerprint density at radius 3 is 2.78 bits per heavy atom. The van der Waals surface area contributed by atoms with E-state index in [9.17, 15) is 4.79 Å². The highest BCUT2D eigenvalue weighted by molar-refractivity contribution is 5.73. The lowest BCUT2D eigenvalue weighted by Crippen LogP contribution is -2.42. The van der Waals surface area contributed by atoms with Gasteiger partial charge < -0.3 is 19.7 Å². The van der Waals surface area contributed by atoms with Crippen molar-refractivity contribution in [2.24, 2.45) is 0 Å². The summed E-state index contributed by atoms with van der Waals surface area (Å²) in [6.45, 7) is 3.78. The van der Waals surface area contributed by atoms with Crippen LogP contribution >= 0.6 is 0 Å². The zero-order chi connectivity index (χ0) is 13.0. The molecule has 1 saturated heterocycles. The Balaban J connectivity index is 1.74. The van der Waals surface area contributed by atoms with Gasteiger partial charge in [-0.3, -0.25) is 0 Å². The van der Waals surface area contributed by atoms with Gasteiger partial charge in [0.05, 0.1) is 6.61 Å². The van der Waals surface area contributed by atoms with Gasteiger partial charge in [0.25, 0.3) is 0 Å². The number of nitrogens with zero attached hydrogens (tertiary/aromatic N) is 1. The highest BCUT2D eigenvalue weighted by atomic mass is 16.7. The van der Waals surface area contributed by atoms with Crippen molar-refractivity contribution in [3.05, 3.63) is 0 Å². The summed E-state index contributed by atoms with van der Waals surface area (Å²) in [5.41, 5.74) is 0. The van der Waals surface area contributed by atoms with E-state index in [1.165, 1.54) is 19.3 Å². The van der Waals surface area contributed by atoms with Crippen LogP contribution in [-0.2, 0) is 9.47 Å². The van der Waals surface area contributed by atoms with Gasteiger partial charge in [0.2, 0.25) is 0 Å². The molecule has 2 fully saturated rings. The first-order valence-electron chi connectivity index (χ1n) is 6.96. The molecule has 0 aromatic carbocycles. The predicted octanol–water partition coefficient (Wildman–Crippen LogP) is 1.72. The molecule has 0 aromatic heterocycles. The number of hydrogen-bond acceptors (Lipinski definition) is 3. The van der Waals surface area contributed by atoms with E-state index in [0.29, 0.717) is 19.7 Å². The predicted molar refractivity (Wildman–Crippen MR) is 68.3 cm³/mol. The maximum absolute atomic E-state index is 11.6. The van der Waals surface area contributed by atoms with E-state index in [-0.39, 0.29) is 17.9 Å². The minimum absolute atomic E-state index is 0.00249. The van der Waals surface area contributed by atoms with Crippen LogP contribution in [0.15, 0.2) is 0 Å². The molecule has 1 N–H and O–H groups in total. The van der Waals surface area contributed by atoms with Gasteiger partial charge in [-0.1, -0.05) is 6.42 Å². The van der Waals surface area contributed by atoms with Crippen LogP contribution < -0.4 is 5.32 Å². The average Bonchev–Trinajstić information content (AvgIpc) is 2.79. The molecule has 1 heterocycles. The van der Waals surface area contributed by atoms with Crippen molar-refractivity contribution >= 4 is 6.03 Å². The van der Waals surface area contributed by atoms with Crippen LogP contribution in [0.5, 0.6) is 0 Å². The van der Waals surface area contributed by atoms with Crippen LogP contribution in [0.3, 0.4) is 0 Å². The molecule has 5 nitrogen and oxygen atoms in total. The fourth-order valence-corrected chi connectivity index (χ4v) is 2.55. The second-order valence-corrected chi connectivity index (χ2v) is 5.22. The minimum Gasteiger partial charge on any atom is -0.347 e. The smallest absolute Gasteiger partial charge is 0.317 e. The third kappa shape index (κ3) is 3.14. The van der Waals surface area contributed by atoms with E-state index < -0.39 is 0 Å². The van der Waals surface area contributed by atoms with Gasteiger partial charge in [-0.2, -0.15) is 0 Å². The van der Waals surface area contributed by atoms with Gasteiger partial charge in [-0.15, -0.1) is 0 Å². The molecule has 2 amide bonds. The van der Waals surface area contributed by atoms with Crippen molar-refractivity contribution in [1.82, 2.24) is 10.2 Å². The summed E-state index contributed by atoms with van der Waals surface area (Å²) in [6, 6.07) is -0.0503. The number of carbonyl (C=O) groups excluding carboxylic acids is 1. The monoisotopic (exact) mass is 256 g/mol. The van der Waals surface area contributed by atoms with Gasteiger partial charge in [-0.05, 0) is 19.8 Å². The first-order chi connectivity index (χ1) is 8.65. The van der Waals surface area contributed by atoms with E-state index in [1.807, 2.05) is 6.92 Å². The second kappa shape index (κ2) is 5.89. The van der Waals surface area contributed by atoms with Crippen LogP contribution in [0.4, 0.5) is 4.79 Å². The molecule has 0 radical (unpaired) electrons. The summed E-state index contributed by atoms with van der Waals surface area (Å²) in [7, 11) is 1.78. The molecule has 0 aromatic rings. The number of hydrogen-bond donors (Lipinski definition) is 1. The van der Waals surface area contributed by atoms with Crippen molar-refractivity contribution in [2.75, 3.05) is 26.7 Å². The Morgan fingerprint density at radius 2 is 2.11 bits per heavy atom. The van der Waals surface area contributed by atoms with Gasteiger partial charge >= 0.3 is 6.03 Å². The molecular weight excluding hydrogens is 232 g/mol. The van der Waals surface area contributed by atoms with E-state index in [4.69, 9.17) is 9.47 Å². The third-order valence-electron chi connectivity index (χ3n) is 3.83. The Hall–Kier alpha value is -0.810. The quantitative estimate of drug-likeness (QED) is 0.836. The molecule has 2 rings (SSSR count). The summed E-state index contributed by atoms with van der Waals surface area (Å²) >= 11 is 0. The molecule has 1 aliphatic heterocycles. The van der Waals surface area contributed by atoms with Crippen molar-refractivity contribution in [3.63, 3.8) is 0 Å². The Morgan fingerprint density at radius 1 is 1.39 bits per heavy atom. The normalized spacial score (nSPS) is 26.2. The van der Waals surface area contributed by atoms with Crippen molar-refractivity contribution < 1.29 is 14.3 Å². The van der Waals surface area contributed by atoms with Crippen LogP contribution in [-0.4, -0.2) is 49.6 Å². The number of carbonyl (C=O) groups is 1. The fraction of sp³-hybridized carbons (Fsp3) is 0.923. The molecule has 5 heteroatoms. The van der Waals surface area contributed by atoms with Crippen LogP contribution in [0, 0.1) is 0 Å². The van der Waals surface area contributed by atoms with Crippen molar-refractivity contribution in [2.45, 2.75) is 50.9 Å². The average molecular weight is 256 g/mol. The van der Waals surface area contributed by atoms with Crippen molar-refractivity contribution in [1.29, 1.82) is 0 Å². The number of nitrogens with one attached hydrogen (secondary N) is 1. The number of amides is 2. The largest absolute Gasteiger partial charge is 0.347 e. The number of urea groups is 1. The van der Waals surface area contributed by atoms with E-state index in [0.717, 1.165) is 12.8 Å². The maximum atomic E-state index is 11.6. The lowest BCUT2D eigenvalue weighted by molar-refractivity contribution is -0.186. The van der Waals surface area contributed by atoms with Gasteiger partial charge in [0.1, 0.15) is 6.10 Å². The second-order valence-electron chi connectivity index (χ2n) is 5.22. The molecule has 18 heavy (non-hydrogen) atoms. The molecule has 2 aliphatic rings. The molecule has 1 spiro atoms. The summed E-state index contributed by atoms with van der Waals surface area (Å²) in [5, 5.41) is 2.88. The Bertz CT molecular complexity index is 290. The number of ether oxygens (including phenoxy) is 2. The summed E-state index contributed by atoms with van der Waals surface area (Å²) in [4.78, 5) is 13.3. The maximum Gasteiger partial charge on any atom is 0.317 e. The van der Waals surface area contributed by atoms with Gasteiger partial charge in [0, 0.05) is 33.0 Å². The first kappa shape index (κ1) is 13.6. The SMILES string of the molecule is CCN(C)C(=O)NC[C@@H]1COC2(CCCCC2)O1. The van der Waals surface area contributed by atoms with Crippen molar-refractivity contribution in [3.8, 4) is 0 Å². The molecule has 0 bridgehead atoms. The Kier molecular flexibility index (Phi) is 4.45. The van der Waals surface area contributed by atoms with E-state index >= 15 is 0 Å². The van der Waals surface area contributed by atoms with E-state index in [2.05, 4.69) is 5.32 Å². The lowest BCUT2D eigenvalue weighted by Gasteiger charge is -2.31. The summed E-state index contributed by atoms with van der Waals surface area (Å²) in [6.07, 6.45) is 5.61. The minimum atomic E-state index is -0.343. The first-order valence-corrected chi connectivity index (χ1v) is 6.96. The molecule has 0 unspecified atom stereocenters. The summed E-state index contributed by atoms with van der Waals surface area (Å²) in [5.74, 6) is -0.343. The standard InChI is InChI=1S/C13H24N2O3/c1-3-15(2)12(16)14-9-11-10-17-13(18-11)7-5-4-6-8-13/h11H,3-10H2,1-2H3,(H,14,16)/t11-/m1/s1. The van der Waals surface area contributed by atoms with Gasteiger partial charge in [-0.25, -0.2) is 4.79 Å². The van der Waals surface area contributed by atoms with E-state index in [1.54, 1.807) is 11.9 Å². The molecule has 104 valence electrons. The van der Waals surface area contributed by atoms with Crippen LogP contribution in [0.2, 0.25) is 0 Å².